The lowest BCUT2D eigenvalue weighted by atomic mass is 10.0. The highest BCUT2D eigenvalue weighted by molar-refractivity contribution is 7.47. The maximum Gasteiger partial charge on any atom is 0.472 e. The molecule has 0 heterocycles. The number of benzene rings is 1. The highest BCUT2D eigenvalue weighted by atomic mass is 31.2. The van der Waals surface area contributed by atoms with Crippen LogP contribution in [0.5, 0.6) is 0 Å². The van der Waals surface area contributed by atoms with Crippen LogP contribution in [0.4, 0.5) is 4.39 Å². The van der Waals surface area contributed by atoms with Crippen LogP contribution in [-0.4, -0.2) is 37.9 Å². The predicted molar refractivity (Wildman–Crippen MR) is 139 cm³/mol. The smallest absolute Gasteiger partial charge is 0.379 e. The lowest BCUT2D eigenvalue weighted by molar-refractivity contribution is -0.0500. The standard InChI is InChI=1S/C27H45FNO6P/c1-3-4-5-6-7-8-9-10-11-12-13-14-15-16-33-22-27(23-35-36(30,31)32-2)34-21-25-17-24(20-29)18-26(28)19-25/h17-19,27H,3-16,21-23H2,1-2H3,(H,30,31)/t27-/m1/s1. The van der Waals surface area contributed by atoms with Crippen molar-refractivity contribution in [2.75, 3.05) is 26.9 Å². The Balaban J connectivity index is 2.22. The van der Waals surface area contributed by atoms with Crippen molar-refractivity contribution in [1.82, 2.24) is 0 Å². The van der Waals surface area contributed by atoms with Gasteiger partial charge in [-0.25, -0.2) is 8.96 Å². The summed E-state index contributed by atoms with van der Waals surface area (Å²) in [5.41, 5.74) is 0.672. The molecule has 1 unspecified atom stereocenters. The van der Waals surface area contributed by atoms with E-state index >= 15 is 0 Å². The van der Waals surface area contributed by atoms with Gasteiger partial charge in [0.2, 0.25) is 0 Å². The Morgan fingerprint density at radius 2 is 1.53 bits per heavy atom. The van der Waals surface area contributed by atoms with Crippen LogP contribution in [0.1, 0.15) is 102 Å². The van der Waals surface area contributed by atoms with Gasteiger partial charge in [0.05, 0.1) is 31.5 Å². The molecule has 1 aromatic carbocycles. The number of nitrogens with zero attached hydrogens (tertiary/aromatic N) is 1. The van der Waals surface area contributed by atoms with Crippen LogP contribution in [0.3, 0.4) is 0 Å². The molecule has 2 atom stereocenters. The molecule has 0 saturated heterocycles. The van der Waals surface area contributed by atoms with E-state index in [1.165, 1.54) is 82.8 Å². The summed E-state index contributed by atoms with van der Waals surface area (Å²) in [5.74, 6) is -0.529. The van der Waals surface area contributed by atoms with Crippen molar-refractivity contribution >= 4 is 7.82 Å². The van der Waals surface area contributed by atoms with Gasteiger partial charge in [0.1, 0.15) is 11.9 Å². The first-order valence-corrected chi connectivity index (χ1v) is 14.8. The highest BCUT2D eigenvalue weighted by Crippen LogP contribution is 2.42. The van der Waals surface area contributed by atoms with E-state index < -0.39 is 19.7 Å². The fourth-order valence-corrected chi connectivity index (χ4v) is 4.28. The van der Waals surface area contributed by atoms with E-state index in [4.69, 9.17) is 19.3 Å². The Bertz CT molecular complexity index is 788. The van der Waals surface area contributed by atoms with Crippen molar-refractivity contribution < 1.29 is 32.4 Å². The van der Waals surface area contributed by atoms with E-state index in [1.807, 2.05) is 6.07 Å². The molecule has 0 aromatic heterocycles. The second-order valence-corrected chi connectivity index (χ2v) is 10.7. The SMILES string of the molecule is CCCCCCCCCCCCCCCOC[C@H](COP(=O)(O)OC)OCc1cc(F)cc(C#N)c1. The number of hydrogen-bond donors (Lipinski definition) is 1. The molecule has 1 N–H and O–H groups in total. The molecule has 1 aromatic rings. The van der Waals surface area contributed by atoms with E-state index in [-0.39, 0.29) is 25.4 Å². The first kappa shape index (κ1) is 32.7. The molecule has 0 aliphatic heterocycles. The second kappa shape index (κ2) is 20.7. The molecule has 1 rings (SSSR count). The Hall–Kier alpha value is -1.33. The van der Waals surface area contributed by atoms with E-state index in [0.29, 0.717) is 12.2 Å². The number of nitriles is 1. The van der Waals surface area contributed by atoms with Crippen molar-refractivity contribution in [2.24, 2.45) is 0 Å². The van der Waals surface area contributed by atoms with Gasteiger partial charge in [0, 0.05) is 13.7 Å². The normalized spacial score (nSPS) is 13.9. The molecule has 7 nitrogen and oxygen atoms in total. The van der Waals surface area contributed by atoms with Gasteiger partial charge in [-0.3, -0.25) is 9.05 Å². The zero-order valence-corrected chi connectivity index (χ0v) is 23.0. The zero-order chi connectivity index (χ0) is 26.5. The topological polar surface area (TPSA) is 98.0 Å². The lowest BCUT2D eigenvalue weighted by Crippen LogP contribution is -2.25. The van der Waals surface area contributed by atoms with Crippen LogP contribution in [0.2, 0.25) is 0 Å². The number of halogens is 1. The fraction of sp³-hybridized carbons (Fsp3) is 0.741. The Morgan fingerprint density at radius 1 is 0.944 bits per heavy atom. The molecular formula is C27H45FNO6P. The average molecular weight is 530 g/mol. The van der Waals surface area contributed by atoms with Gasteiger partial charge in [-0.1, -0.05) is 84.0 Å². The predicted octanol–water partition coefficient (Wildman–Crippen LogP) is 7.45. The van der Waals surface area contributed by atoms with Gasteiger partial charge in [0.15, 0.2) is 0 Å². The Kier molecular flexibility index (Phi) is 18.8. The number of hydrogen-bond acceptors (Lipinski definition) is 6. The van der Waals surface area contributed by atoms with Crippen LogP contribution >= 0.6 is 7.82 Å². The van der Waals surface area contributed by atoms with Crippen LogP contribution < -0.4 is 0 Å². The van der Waals surface area contributed by atoms with Crippen molar-refractivity contribution in [1.29, 1.82) is 5.26 Å². The van der Waals surface area contributed by atoms with Crippen LogP contribution in [-0.2, 0) is 29.7 Å². The average Bonchev–Trinajstić information content (AvgIpc) is 2.87. The Labute approximate surface area is 216 Å². The second-order valence-electron chi connectivity index (χ2n) is 9.16. The third kappa shape index (κ3) is 17.2. The van der Waals surface area contributed by atoms with Crippen LogP contribution in [0.15, 0.2) is 18.2 Å². The summed E-state index contributed by atoms with van der Waals surface area (Å²) < 4.78 is 46.1. The molecule has 0 radical (unpaired) electrons. The van der Waals surface area contributed by atoms with Crippen molar-refractivity contribution in [3.8, 4) is 6.07 Å². The number of unbranched alkanes of at least 4 members (excludes halogenated alkanes) is 12. The van der Waals surface area contributed by atoms with Gasteiger partial charge < -0.3 is 14.4 Å². The molecule has 0 aliphatic rings. The van der Waals surface area contributed by atoms with Crippen LogP contribution in [0.25, 0.3) is 0 Å². The van der Waals surface area contributed by atoms with Gasteiger partial charge in [-0.05, 0) is 30.2 Å². The minimum atomic E-state index is -4.16. The quantitative estimate of drug-likeness (QED) is 0.116. The molecule has 206 valence electrons. The maximum absolute atomic E-state index is 13.7. The lowest BCUT2D eigenvalue weighted by Gasteiger charge is -2.19. The third-order valence-electron chi connectivity index (χ3n) is 5.92. The van der Waals surface area contributed by atoms with E-state index in [0.717, 1.165) is 26.0 Å². The van der Waals surface area contributed by atoms with E-state index in [9.17, 15) is 13.8 Å². The monoisotopic (exact) mass is 529 g/mol. The highest BCUT2D eigenvalue weighted by Gasteiger charge is 2.22. The molecule has 0 aliphatic carbocycles. The summed E-state index contributed by atoms with van der Waals surface area (Å²) in [6, 6.07) is 5.85. The molecule has 36 heavy (non-hydrogen) atoms. The molecule has 9 heteroatoms. The summed E-state index contributed by atoms with van der Waals surface area (Å²) in [4.78, 5) is 9.49. The number of ether oxygens (including phenoxy) is 2. The minimum absolute atomic E-state index is 0.00524. The van der Waals surface area contributed by atoms with E-state index in [2.05, 4.69) is 11.4 Å². The molecule has 0 fully saturated rings. The molecule has 0 amide bonds. The van der Waals surface area contributed by atoms with Crippen LogP contribution in [0, 0.1) is 17.1 Å². The molecular weight excluding hydrogens is 484 g/mol. The summed E-state index contributed by atoms with van der Waals surface area (Å²) in [6.07, 6.45) is 15.9. The summed E-state index contributed by atoms with van der Waals surface area (Å²) in [6.45, 7) is 2.74. The van der Waals surface area contributed by atoms with Crippen molar-refractivity contribution in [3.63, 3.8) is 0 Å². The molecule has 0 spiro atoms. The minimum Gasteiger partial charge on any atom is -0.379 e. The third-order valence-corrected chi connectivity index (χ3v) is 6.86. The molecule has 0 bridgehead atoms. The van der Waals surface area contributed by atoms with Gasteiger partial charge in [-0.2, -0.15) is 5.26 Å². The van der Waals surface area contributed by atoms with Gasteiger partial charge in [0.25, 0.3) is 0 Å². The largest absolute Gasteiger partial charge is 0.472 e. The number of phosphoric acid groups is 1. The van der Waals surface area contributed by atoms with E-state index in [1.54, 1.807) is 0 Å². The number of rotatable bonds is 23. The first-order valence-electron chi connectivity index (χ1n) is 13.3. The van der Waals surface area contributed by atoms with Gasteiger partial charge >= 0.3 is 7.82 Å². The summed E-state index contributed by atoms with van der Waals surface area (Å²) in [5, 5.41) is 9.00. The van der Waals surface area contributed by atoms with Crippen molar-refractivity contribution in [3.05, 3.63) is 35.1 Å². The number of phosphoric ester groups is 1. The summed E-state index contributed by atoms with van der Waals surface area (Å²) in [7, 11) is -3.08. The van der Waals surface area contributed by atoms with Crippen molar-refractivity contribution in [2.45, 2.75) is 103 Å². The summed E-state index contributed by atoms with van der Waals surface area (Å²) >= 11 is 0. The van der Waals surface area contributed by atoms with Gasteiger partial charge in [-0.15, -0.1) is 0 Å². The fourth-order valence-electron chi connectivity index (χ4n) is 3.82. The maximum atomic E-state index is 13.7. The molecule has 0 saturated carbocycles. The zero-order valence-electron chi connectivity index (χ0n) is 22.1. The Morgan fingerprint density at radius 3 is 2.08 bits per heavy atom. The first-order chi connectivity index (χ1) is 17.4.